The van der Waals surface area contributed by atoms with Crippen molar-refractivity contribution in [2.45, 2.75) is 19.3 Å². The summed E-state index contributed by atoms with van der Waals surface area (Å²) in [6.07, 6.45) is 4.22. The number of esters is 2. The molecule has 30 heavy (non-hydrogen) atoms. The van der Waals surface area contributed by atoms with Gasteiger partial charge >= 0.3 is 11.9 Å². The second-order valence-electron chi connectivity index (χ2n) is 7.06. The highest BCUT2D eigenvalue weighted by molar-refractivity contribution is 6.30. The van der Waals surface area contributed by atoms with Crippen molar-refractivity contribution in [3.05, 3.63) is 93.8 Å². The summed E-state index contributed by atoms with van der Waals surface area (Å²) >= 11 is 5.96. The third kappa shape index (κ3) is 4.74. The highest BCUT2D eigenvalue weighted by Crippen LogP contribution is 2.38. The SMILES string of the molecule is COC(=O)C1=CN(CCc2ccc(Cl)cc2)C=C(C(=O)OC)C1c1ccccc1C. The molecule has 0 aliphatic carbocycles. The second kappa shape index (κ2) is 9.63. The fourth-order valence-electron chi connectivity index (χ4n) is 3.57. The van der Waals surface area contributed by atoms with E-state index in [1.54, 1.807) is 12.4 Å². The van der Waals surface area contributed by atoms with Crippen LogP contribution >= 0.6 is 11.6 Å². The van der Waals surface area contributed by atoms with Crippen molar-refractivity contribution in [2.75, 3.05) is 20.8 Å². The van der Waals surface area contributed by atoms with Crippen LogP contribution in [0.15, 0.2) is 72.1 Å². The molecule has 6 heteroatoms. The van der Waals surface area contributed by atoms with Gasteiger partial charge in [-0.2, -0.15) is 0 Å². The molecule has 0 N–H and O–H groups in total. The van der Waals surface area contributed by atoms with Gasteiger partial charge in [-0.15, -0.1) is 0 Å². The zero-order valence-electron chi connectivity index (χ0n) is 17.2. The predicted octanol–water partition coefficient (Wildman–Crippen LogP) is 4.40. The Morgan fingerprint density at radius 2 is 1.50 bits per heavy atom. The molecule has 0 aromatic heterocycles. The lowest BCUT2D eigenvalue weighted by Crippen LogP contribution is -2.30. The molecule has 1 heterocycles. The molecule has 0 spiro atoms. The van der Waals surface area contributed by atoms with Crippen molar-refractivity contribution in [3.8, 4) is 0 Å². The van der Waals surface area contributed by atoms with E-state index < -0.39 is 17.9 Å². The maximum Gasteiger partial charge on any atom is 0.336 e. The van der Waals surface area contributed by atoms with E-state index in [1.807, 2.05) is 60.4 Å². The van der Waals surface area contributed by atoms with Gasteiger partial charge < -0.3 is 14.4 Å². The summed E-state index contributed by atoms with van der Waals surface area (Å²) in [4.78, 5) is 27.2. The van der Waals surface area contributed by atoms with Gasteiger partial charge in [0, 0.05) is 24.0 Å². The van der Waals surface area contributed by atoms with E-state index in [1.165, 1.54) is 14.2 Å². The molecular formula is C24H24ClNO4. The van der Waals surface area contributed by atoms with E-state index in [4.69, 9.17) is 21.1 Å². The molecule has 0 saturated heterocycles. The van der Waals surface area contributed by atoms with Gasteiger partial charge in [-0.05, 0) is 42.2 Å². The van der Waals surface area contributed by atoms with Crippen LogP contribution in [0, 0.1) is 6.92 Å². The molecular weight excluding hydrogens is 402 g/mol. The van der Waals surface area contributed by atoms with Crippen LogP contribution < -0.4 is 0 Å². The summed E-state index contributed by atoms with van der Waals surface area (Å²) < 4.78 is 10.1. The summed E-state index contributed by atoms with van der Waals surface area (Å²) in [5, 5.41) is 0.679. The van der Waals surface area contributed by atoms with Crippen molar-refractivity contribution in [2.24, 2.45) is 0 Å². The summed E-state index contributed by atoms with van der Waals surface area (Å²) in [5.41, 5.74) is 3.72. The van der Waals surface area contributed by atoms with E-state index in [2.05, 4.69) is 0 Å². The van der Waals surface area contributed by atoms with Gasteiger partial charge in [0.2, 0.25) is 0 Å². The molecule has 0 bridgehead atoms. The summed E-state index contributed by atoms with van der Waals surface area (Å²) in [6, 6.07) is 15.3. The van der Waals surface area contributed by atoms with Gasteiger partial charge in [0.25, 0.3) is 0 Å². The highest BCUT2D eigenvalue weighted by atomic mass is 35.5. The number of methoxy groups -OCH3 is 2. The highest BCUT2D eigenvalue weighted by Gasteiger charge is 2.35. The third-order valence-corrected chi connectivity index (χ3v) is 5.40. The maximum atomic E-state index is 12.7. The fourth-order valence-corrected chi connectivity index (χ4v) is 3.70. The van der Waals surface area contributed by atoms with Crippen LogP contribution in [0.1, 0.15) is 22.6 Å². The summed E-state index contributed by atoms with van der Waals surface area (Å²) in [7, 11) is 2.68. The summed E-state index contributed by atoms with van der Waals surface area (Å²) in [5.74, 6) is -1.51. The standard InChI is InChI=1S/C24H24ClNO4/c1-16-6-4-5-7-19(16)22-20(23(27)29-2)14-26(15-21(22)24(28)30-3)13-12-17-8-10-18(25)11-9-17/h4-11,14-15,22H,12-13H2,1-3H3. The van der Waals surface area contributed by atoms with Gasteiger partial charge in [0.05, 0.1) is 31.3 Å². The Balaban J connectivity index is 1.99. The number of hydrogen-bond acceptors (Lipinski definition) is 5. The van der Waals surface area contributed by atoms with E-state index in [-0.39, 0.29) is 0 Å². The van der Waals surface area contributed by atoms with Crippen molar-refractivity contribution in [3.63, 3.8) is 0 Å². The van der Waals surface area contributed by atoms with E-state index in [9.17, 15) is 9.59 Å². The Kier molecular flexibility index (Phi) is 6.95. The Bertz CT molecular complexity index is 961. The number of rotatable bonds is 6. The molecule has 0 fully saturated rings. The first-order valence-electron chi connectivity index (χ1n) is 9.60. The zero-order valence-corrected chi connectivity index (χ0v) is 18.0. The number of ether oxygens (including phenoxy) is 2. The van der Waals surface area contributed by atoms with Crippen LogP contribution in [0.25, 0.3) is 0 Å². The monoisotopic (exact) mass is 425 g/mol. The van der Waals surface area contributed by atoms with Crippen LogP contribution in [-0.4, -0.2) is 37.6 Å². The Labute approximate surface area is 181 Å². The molecule has 3 rings (SSSR count). The quantitative estimate of drug-likeness (QED) is 0.642. The first-order chi connectivity index (χ1) is 14.4. The molecule has 0 saturated carbocycles. The fraction of sp³-hybridized carbons (Fsp3) is 0.250. The number of nitrogens with zero attached hydrogens (tertiary/aromatic N) is 1. The first kappa shape index (κ1) is 21.7. The minimum atomic E-state index is -0.558. The van der Waals surface area contributed by atoms with Crippen molar-refractivity contribution >= 4 is 23.5 Å². The normalized spacial score (nSPS) is 14.1. The average Bonchev–Trinajstić information content (AvgIpc) is 2.77. The van der Waals surface area contributed by atoms with Crippen molar-refractivity contribution in [1.29, 1.82) is 0 Å². The number of hydrogen-bond donors (Lipinski definition) is 0. The Morgan fingerprint density at radius 1 is 0.933 bits per heavy atom. The number of benzene rings is 2. The van der Waals surface area contributed by atoms with Gasteiger partial charge in [0.1, 0.15) is 0 Å². The average molecular weight is 426 g/mol. The van der Waals surface area contributed by atoms with Crippen LogP contribution in [0.2, 0.25) is 5.02 Å². The van der Waals surface area contributed by atoms with Gasteiger partial charge in [-0.25, -0.2) is 9.59 Å². The lowest BCUT2D eigenvalue weighted by molar-refractivity contribution is -0.137. The van der Waals surface area contributed by atoms with Crippen molar-refractivity contribution in [1.82, 2.24) is 4.90 Å². The third-order valence-electron chi connectivity index (χ3n) is 5.15. The number of carbonyl (C=O) groups excluding carboxylic acids is 2. The predicted molar refractivity (Wildman–Crippen MR) is 116 cm³/mol. The number of carbonyl (C=O) groups is 2. The molecule has 2 aromatic rings. The smallest absolute Gasteiger partial charge is 0.336 e. The largest absolute Gasteiger partial charge is 0.466 e. The van der Waals surface area contributed by atoms with Crippen molar-refractivity contribution < 1.29 is 19.1 Å². The molecule has 2 aromatic carbocycles. The van der Waals surface area contributed by atoms with Gasteiger partial charge in [0.15, 0.2) is 0 Å². The molecule has 0 amide bonds. The molecule has 0 atom stereocenters. The van der Waals surface area contributed by atoms with Crippen LogP contribution in [0.5, 0.6) is 0 Å². The Morgan fingerprint density at radius 3 is 2.03 bits per heavy atom. The van der Waals surface area contributed by atoms with Crippen LogP contribution in [0.4, 0.5) is 0 Å². The van der Waals surface area contributed by atoms with E-state index >= 15 is 0 Å². The van der Waals surface area contributed by atoms with Crippen LogP contribution in [0.3, 0.4) is 0 Å². The van der Waals surface area contributed by atoms with Crippen LogP contribution in [-0.2, 0) is 25.5 Å². The second-order valence-corrected chi connectivity index (χ2v) is 7.49. The number of halogens is 1. The van der Waals surface area contributed by atoms with E-state index in [0.717, 1.165) is 16.7 Å². The molecule has 1 aliphatic rings. The molecule has 0 unspecified atom stereocenters. The van der Waals surface area contributed by atoms with E-state index in [0.29, 0.717) is 29.1 Å². The zero-order chi connectivity index (χ0) is 21.7. The molecule has 156 valence electrons. The lowest BCUT2D eigenvalue weighted by atomic mass is 9.81. The van der Waals surface area contributed by atoms with Gasteiger partial charge in [-0.1, -0.05) is 48.0 Å². The Hall–Kier alpha value is -3.05. The van der Waals surface area contributed by atoms with Gasteiger partial charge in [-0.3, -0.25) is 0 Å². The minimum Gasteiger partial charge on any atom is -0.466 e. The first-order valence-corrected chi connectivity index (χ1v) is 9.98. The molecule has 0 radical (unpaired) electrons. The minimum absolute atomic E-state index is 0.394. The maximum absolute atomic E-state index is 12.7. The summed E-state index contributed by atoms with van der Waals surface area (Å²) in [6.45, 7) is 2.52. The topological polar surface area (TPSA) is 55.8 Å². The molecule has 5 nitrogen and oxygen atoms in total. The number of aryl methyl sites for hydroxylation is 1. The lowest BCUT2D eigenvalue weighted by Gasteiger charge is -2.30. The molecule has 1 aliphatic heterocycles.